The number of rotatable bonds is 1. The van der Waals surface area contributed by atoms with E-state index in [0.717, 1.165) is 11.1 Å². The molecule has 1 saturated carbocycles. The second kappa shape index (κ2) is 2.98. The van der Waals surface area contributed by atoms with Crippen molar-refractivity contribution in [3.8, 4) is 0 Å². The Hall–Kier alpha value is -1.12. The number of hydrogen-bond donors (Lipinski definition) is 1. The highest BCUT2D eigenvalue weighted by Gasteiger charge is 2.30. The summed E-state index contributed by atoms with van der Waals surface area (Å²) in [5.74, 6) is 0.236. The molecule has 1 N–H and O–H groups in total. The lowest BCUT2D eigenvalue weighted by Gasteiger charge is -2.27. The van der Waals surface area contributed by atoms with Crippen LogP contribution in [0, 0.1) is 5.92 Å². The van der Waals surface area contributed by atoms with E-state index in [1.54, 1.807) is 0 Å². The molecule has 2 fully saturated rings. The maximum atomic E-state index is 11.3. The van der Waals surface area contributed by atoms with Gasteiger partial charge in [-0.2, -0.15) is 0 Å². The average molecular weight is 179 g/mol. The van der Waals surface area contributed by atoms with Crippen molar-refractivity contribution in [2.24, 2.45) is 5.92 Å². The highest BCUT2D eigenvalue weighted by molar-refractivity contribution is 6.13. The highest BCUT2D eigenvalue weighted by Crippen LogP contribution is 2.35. The van der Waals surface area contributed by atoms with Gasteiger partial charge < -0.3 is 0 Å². The van der Waals surface area contributed by atoms with Crippen molar-refractivity contribution in [3.63, 3.8) is 0 Å². The second-order valence-corrected chi connectivity index (χ2v) is 3.84. The summed E-state index contributed by atoms with van der Waals surface area (Å²) >= 11 is 0. The van der Waals surface area contributed by atoms with Crippen molar-refractivity contribution in [2.45, 2.75) is 32.6 Å². The molecule has 2 rings (SSSR count). The van der Waals surface area contributed by atoms with Crippen LogP contribution in [-0.2, 0) is 9.59 Å². The van der Waals surface area contributed by atoms with E-state index in [9.17, 15) is 9.59 Å². The maximum Gasteiger partial charge on any atom is 0.254 e. The quantitative estimate of drug-likeness (QED) is 0.485. The topological polar surface area (TPSA) is 46.2 Å². The van der Waals surface area contributed by atoms with Gasteiger partial charge in [-0.25, -0.2) is 0 Å². The molecule has 0 aromatic heterocycles. The first kappa shape index (κ1) is 8.48. The van der Waals surface area contributed by atoms with E-state index in [1.807, 2.05) is 6.92 Å². The maximum absolute atomic E-state index is 11.3. The van der Waals surface area contributed by atoms with Crippen molar-refractivity contribution in [3.05, 3.63) is 11.1 Å². The van der Waals surface area contributed by atoms with Crippen LogP contribution in [0.1, 0.15) is 32.6 Å². The predicted octanol–water partition coefficient (Wildman–Crippen LogP) is 1.15. The molecule has 0 bridgehead atoms. The summed E-state index contributed by atoms with van der Waals surface area (Å²) < 4.78 is 0. The SMILES string of the molecule is C/C(=C1/CC(=O)NC1=O)C1CCC1. The Kier molecular flexibility index (Phi) is 1.94. The molecule has 1 saturated heterocycles. The van der Waals surface area contributed by atoms with Crippen molar-refractivity contribution >= 4 is 11.8 Å². The van der Waals surface area contributed by atoms with Crippen LogP contribution in [0.4, 0.5) is 0 Å². The molecule has 0 radical (unpaired) electrons. The van der Waals surface area contributed by atoms with E-state index in [1.165, 1.54) is 19.3 Å². The molecule has 0 unspecified atom stereocenters. The van der Waals surface area contributed by atoms with Crippen LogP contribution in [0.3, 0.4) is 0 Å². The minimum atomic E-state index is -0.172. The third-order valence-electron chi connectivity index (χ3n) is 3.06. The number of carbonyl (C=O) groups is 2. The number of hydrogen-bond acceptors (Lipinski definition) is 2. The van der Waals surface area contributed by atoms with Crippen molar-refractivity contribution in [1.82, 2.24) is 5.32 Å². The van der Waals surface area contributed by atoms with Gasteiger partial charge in [0, 0.05) is 5.57 Å². The Morgan fingerprint density at radius 1 is 1.38 bits per heavy atom. The summed E-state index contributed by atoms with van der Waals surface area (Å²) in [6, 6.07) is 0. The predicted molar refractivity (Wildman–Crippen MR) is 47.8 cm³/mol. The van der Waals surface area contributed by atoms with E-state index in [0.29, 0.717) is 12.3 Å². The zero-order valence-electron chi connectivity index (χ0n) is 7.72. The van der Waals surface area contributed by atoms with Gasteiger partial charge in [-0.3, -0.25) is 14.9 Å². The molecule has 0 aromatic rings. The zero-order valence-corrected chi connectivity index (χ0v) is 7.72. The average Bonchev–Trinajstić information content (AvgIpc) is 2.26. The van der Waals surface area contributed by atoms with Crippen LogP contribution >= 0.6 is 0 Å². The Bertz CT molecular complexity index is 300. The first-order chi connectivity index (χ1) is 6.18. The van der Waals surface area contributed by atoms with E-state index in [2.05, 4.69) is 5.32 Å². The number of amides is 2. The third kappa shape index (κ3) is 1.39. The minimum absolute atomic E-state index is 0.154. The molecule has 0 aromatic carbocycles. The molecule has 2 amide bonds. The van der Waals surface area contributed by atoms with Gasteiger partial charge in [-0.15, -0.1) is 0 Å². The summed E-state index contributed by atoms with van der Waals surface area (Å²) in [4.78, 5) is 22.2. The van der Waals surface area contributed by atoms with Crippen molar-refractivity contribution in [1.29, 1.82) is 0 Å². The summed E-state index contributed by atoms with van der Waals surface area (Å²) in [5, 5.41) is 2.32. The van der Waals surface area contributed by atoms with Gasteiger partial charge in [0.05, 0.1) is 6.42 Å². The summed E-state index contributed by atoms with van der Waals surface area (Å²) in [6.45, 7) is 1.98. The summed E-state index contributed by atoms with van der Waals surface area (Å²) in [6.07, 6.45) is 3.90. The van der Waals surface area contributed by atoms with Crippen LogP contribution in [0.2, 0.25) is 0 Å². The minimum Gasteiger partial charge on any atom is -0.292 e. The molecule has 0 spiro atoms. The fourth-order valence-electron chi connectivity index (χ4n) is 1.89. The van der Waals surface area contributed by atoms with Gasteiger partial charge in [0.25, 0.3) is 5.91 Å². The lowest BCUT2D eigenvalue weighted by atomic mass is 9.78. The van der Waals surface area contributed by atoms with E-state index >= 15 is 0 Å². The normalized spacial score (nSPS) is 27.2. The second-order valence-electron chi connectivity index (χ2n) is 3.84. The lowest BCUT2D eigenvalue weighted by molar-refractivity contribution is -0.124. The molecule has 0 atom stereocenters. The Labute approximate surface area is 77.2 Å². The van der Waals surface area contributed by atoms with Gasteiger partial charge in [0.15, 0.2) is 0 Å². The van der Waals surface area contributed by atoms with Crippen molar-refractivity contribution < 1.29 is 9.59 Å². The molecule has 70 valence electrons. The largest absolute Gasteiger partial charge is 0.292 e. The fourth-order valence-corrected chi connectivity index (χ4v) is 1.89. The molecular formula is C10H13NO2. The lowest BCUT2D eigenvalue weighted by Crippen LogP contribution is -2.21. The molecule has 3 nitrogen and oxygen atoms in total. The third-order valence-corrected chi connectivity index (χ3v) is 3.06. The molecule has 2 aliphatic rings. The number of imide groups is 1. The molecule has 1 aliphatic carbocycles. The van der Waals surface area contributed by atoms with Gasteiger partial charge in [0.2, 0.25) is 5.91 Å². The Morgan fingerprint density at radius 3 is 2.46 bits per heavy atom. The first-order valence-corrected chi connectivity index (χ1v) is 4.72. The summed E-state index contributed by atoms with van der Waals surface area (Å²) in [5.41, 5.74) is 1.85. The monoisotopic (exact) mass is 179 g/mol. The first-order valence-electron chi connectivity index (χ1n) is 4.72. The van der Waals surface area contributed by atoms with Crippen LogP contribution in [0.5, 0.6) is 0 Å². The van der Waals surface area contributed by atoms with E-state index in [-0.39, 0.29) is 11.8 Å². The molecule has 1 aliphatic heterocycles. The van der Waals surface area contributed by atoms with Crippen molar-refractivity contribution in [2.75, 3.05) is 0 Å². The van der Waals surface area contributed by atoms with Gasteiger partial charge in [-0.1, -0.05) is 12.0 Å². The molecule has 1 heterocycles. The standard InChI is InChI=1S/C10H13NO2/c1-6(7-3-2-4-7)8-5-9(12)11-10(8)13/h7H,2-5H2,1H3,(H,11,12,13)/b8-6+. The molecule has 3 heteroatoms. The smallest absolute Gasteiger partial charge is 0.254 e. The van der Waals surface area contributed by atoms with Crippen LogP contribution < -0.4 is 5.32 Å². The number of nitrogens with one attached hydrogen (secondary N) is 1. The van der Waals surface area contributed by atoms with Gasteiger partial charge in [0.1, 0.15) is 0 Å². The van der Waals surface area contributed by atoms with Crippen LogP contribution in [0.15, 0.2) is 11.1 Å². The Morgan fingerprint density at radius 2 is 2.08 bits per heavy atom. The van der Waals surface area contributed by atoms with Gasteiger partial charge in [-0.05, 0) is 25.7 Å². The van der Waals surface area contributed by atoms with Crippen LogP contribution in [-0.4, -0.2) is 11.8 Å². The summed E-state index contributed by atoms with van der Waals surface area (Å²) in [7, 11) is 0. The molecule has 13 heavy (non-hydrogen) atoms. The fraction of sp³-hybridized carbons (Fsp3) is 0.600. The molecular weight excluding hydrogens is 166 g/mol. The number of allylic oxidation sites excluding steroid dienone is 1. The zero-order chi connectivity index (χ0) is 9.42. The number of carbonyl (C=O) groups excluding carboxylic acids is 2. The highest BCUT2D eigenvalue weighted by atomic mass is 16.2. The van der Waals surface area contributed by atoms with Crippen LogP contribution in [0.25, 0.3) is 0 Å². The van der Waals surface area contributed by atoms with E-state index < -0.39 is 0 Å². The Balaban J connectivity index is 2.21. The van der Waals surface area contributed by atoms with Gasteiger partial charge >= 0.3 is 0 Å². The van der Waals surface area contributed by atoms with E-state index in [4.69, 9.17) is 0 Å².